The molecule has 0 unspecified atom stereocenters. The molecular weight excluding hydrogens is 324 g/mol. The second-order valence-corrected chi connectivity index (χ2v) is 5.30. The Morgan fingerprint density at radius 1 is 1.18 bits per heavy atom. The quantitative estimate of drug-likeness (QED) is 0.641. The first-order chi connectivity index (χ1) is 8.25. The summed E-state index contributed by atoms with van der Waals surface area (Å²) in [6.45, 7) is 0. The molecule has 7 heteroatoms. The third-order valence-electron chi connectivity index (χ3n) is 2.18. The molecule has 0 amide bonds. The van der Waals surface area contributed by atoms with Crippen molar-refractivity contribution in [3.05, 3.63) is 33.9 Å². The lowest BCUT2D eigenvalue weighted by atomic mass is 10.2. The fourth-order valence-corrected chi connectivity index (χ4v) is 3.22. The van der Waals surface area contributed by atoms with Gasteiger partial charge in [-0.3, -0.25) is 0 Å². The van der Waals surface area contributed by atoms with E-state index in [9.17, 15) is 0 Å². The van der Waals surface area contributed by atoms with Gasteiger partial charge in [0.15, 0.2) is 0 Å². The van der Waals surface area contributed by atoms with Crippen LogP contribution in [0.4, 0.5) is 0 Å². The van der Waals surface area contributed by atoms with Crippen LogP contribution in [0.15, 0.2) is 28.6 Å². The molecule has 0 fully saturated rings. The van der Waals surface area contributed by atoms with Crippen LogP contribution in [0.3, 0.4) is 0 Å². The molecule has 3 rings (SSSR count). The summed E-state index contributed by atoms with van der Waals surface area (Å²) in [5.74, 6) is 0. The van der Waals surface area contributed by atoms with E-state index in [1.807, 2.05) is 5.38 Å². The second kappa shape index (κ2) is 4.29. The predicted molar refractivity (Wildman–Crippen MR) is 71.2 cm³/mol. The smallest absolute Gasteiger partial charge is 0.223 e. The van der Waals surface area contributed by atoms with Crippen LogP contribution >= 0.6 is 38.9 Å². The van der Waals surface area contributed by atoms with Gasteiger partial charge >= 0.3 is 0 Å². The number of thiophene rings is 1. The van der Waals surface area contributed by atoms with Crippen LogP contribution in [0.1, 0.15) is 0 Å². The first-order valence-corrected chi connectivity index (χ1v) is 6.66. The van der Waals surface area contributed by atoms with Crippen LogP contribution in [-0.4, -0.2) is 19.9 Å². The largest absolute Gasteiger partial charge is 0.244 e. The van der Waals surface area contributed by atoms with Gasteiger partial charge in [0.2, 0.25) is 5.28 Å². The summed E-state index contributed by atoms with van der Waals surface area (Å²) in [7, 11) is 0. The van der Waals surface area contributed by atoms with Crippen molar-refractivity contribution < 1.29 is 0 Å². The monoisotopic (exact) mass is 326 g/mol. The van der Waals surface area contributed by atoms with E-state index < -0.39 is 0 Å². The van der Waals surface area contributed by atoms with Crippen LogP contribution in [0.2, 0.25) is 5.28 Å². The molecule has 3 aromatic heterocycles. The third-order valence-corrected chi connectivity index (χ3v) is 4.23. The van der Waals surface area contributed by atoms with Crippen LogP contribution in [-0.2, 0) is 0 Å². The molecule has 0 aliphatic rings. The average Bonchev–Trinajstić information content (AvgIpc) is 2.72. The number of rotatable bonds is 1. The van der Waals surface area contributed by atoms with Gasteiger partial charge in [-0.2, -0.15) is 0 Å². The molecule has 0 radical (unpaired) electrons. The van der Waals surface area contributed by atoms with Gasteiger partial charge in [0.05, 0.1) is 14.9 Å². The first kappa shape index (κ1) is 11.0. The van der Waals surface area contributed by atoms with Gasteiger partial charge < -0.3 is 0 Å². The zero-order chi connectivity index (χ0) is 11.8. The van der Waals surface area contributed by atoms with Crippen LogP contribution in [0.25, 0.3) is 21.5 Å². The molecule has 0 atom stereocenters. The van der Waals surface area contributed by atoms with Gasteiger partial charge in [0.25, 0.3) is 0 Å². The molecule has 0 aromatic carbocycles. The van der Waals surface area contributed by atoms with Crippen molar-refractivity contribution in [2.45, 2.75) is 0 Å². The number of hydrogen-bond acceptors (Lipinski definition) is 5. The molecule has 3 heterocycles. The molecular formula is C10H4BrClN4S. The van der Waals surface area contributed by atoms with E-state index in [1.54, 1.807) is 23.7 Å². The minimum Gasteiger partial charge on any atom is -0.244 e. The van der Waals surface area contributed by atoms with E-state index in [0.717, 1.165) is 25.9 Å². The molecule has 3 aromatic rings. The number of aromatic nitrogens is 4. The Balaban J connectivity index is 2.36. The van der Waals surface area contributed by atoms with Gasteiger partial charge in [0.1, 0.15) is 11.8 Å². The van der Waals surface area contributed by atoms with E-state index >= 15 is 0 Å². The molecule has 17 heavy (non-hydrogen) atoms. The molecule has 0 aliphatic heterocycles. The highest BCUT2D eigenvalue weighted by Crippen LogP contribution is 2.35. The van der Waals surface area contributed by atoms with Gasteiger partial charge in [-0.15, -0.1) is 11.3 Å². The molecule has 0 aliphatic carbocycles. The van der Waals surface area contributed by atoms with E-state index in [2.05, 4.69) is 35.9 Å². The van der Waals surface area contributed by atoms with Crippen molar-refractivity contribution in [2.75, 3.05) is 0 Å². The minimum absolute atomic E-state index is 0.218. The maximum Gasteiger partial charge on any atom is 0.223 e. The Bertz CT molecular complexity index is 685. The normalized spacial score (nSPS) is 10.9. The number of hydrogen-bond donors (Lipinski definition) is 0. The van der Waals surface area contributed by atoms with Gasteiger partial charge in [0, 0.05) is 23.3 Å². The van der Waals surface area contributed by atoms with Crippen LogP contribution in [0, 0.1) is 0 Å². The summed E-state index contributed by atoms with van der Waals surface area (Å²) < 4.78 is 1.89. The molecule has 0 N–H and O–H groups in total. The Morgan fingerprint density at radius 2 is 1.94 bits per heavy atom. The molecule has 0 spiro atoms. The lowest BCUT2D eigenvalue weighted by molar-refractivity contribution is 1.15. The topological polar surface area (TPSA) is 51.6 Å². The van der Waals surface area contributed by atoms with Gasteiger partial charge in [-0.1, -0.05) is 0 Å². The van der Waals surface area contributed by atoms with E-state index in [0.29, 0.717) is 0 Å². The van der Waals surface area contributed by atoms with Crippen molar-refractivity contribution in [3.63, 3.8) is 0 Å². The van der Waals surface area contributed by atoms with Gasteiger partial charge in [-0.05, 0) is 27.5 Å². The number of fused-ring (bicyclic) bond motifs is 1. The number of nitrogens with zero attached hydrogens (tertiary/aromatic N) is 4. The van der Waals surface area contributed by atoms with Crippen molar-refractivity contribution in [1.82, 2.24) is 19.9 Å². The first-order valence-electron chi connectivity index (χ1n) is 4.61. The summed E-state index contributed by atoms with van der Waals surface area (Å²) in [4.78, 5) is 16.4. The van der Waals surface area contributed by atoms with Crippen LogP contribution < -0.4 is 0 Å². The van der Waals surface area contributed by atoms with E-state index in [-0.39, 0.29) is 5.28 Å². The molecule has 0 bridgehead atoms. The summed E-state index contributed by atoms with van der Waals surface area (Å²) in [5.41, 5.74) is 2.40. The highest BCUT2D eigenvalue weighted by molar-refractivity contribution is 9.10. The summed E-state index contributed by atoms with van der Waals surface area (Å²) in [6.07, 6.45) is 4.89. The zero-order valence-corrected chi connectivity index (χ0v) is 11.4. The third kappa shape index (κ3) is 1.92. The Morgan fingerprint density at radius 3 is 2.71 bits per heavy atom. The highest BCUT2D eigenvalue weighted by atomic mass is 79.9. The highest BCUT2D eigenvalue weighted by Gasteiger charge is 2.13. The lowest BCUT2D eigenvalue weighted by Gasteiger charge is -2.01. The minimum atomic E-state index is 0.218. The summed E-state index contributed by atoms with van der Waals surface area (Å²) >= 11 is 10.9. The standard InChI is InChI=1S/C10H4BrClN4S/c11-6-3-17-9-7(5-1-13-4-14-2-5)15-10(12)16-8(6)9/h1-4H. The van der Waals surface area contributed by atoms with Crippen molar-refractivity contribution in [3.8, 4) is 11.3 Å². The molecule has 84 valence electrons. The van der Waals surface area contributed by atoms with Crippen molar-refractivity contribution >= 4 is 49.1 Å². The molecule has 0 saturated heterocycles. The summed E-state index contributed by atoms with van der Waals surface area (Å²) in [5, 5.41) is 2.18. The SMILES string of the molecule is Clc1nc(-c2cncnc2)c2scc(Br)c2n1. The zero-order valence-electron chi connectivity index (χ0n) is 8.26. The lowest BCUT2D eigenvalue weighted by Crippen LogP contribution is -1.90. The predicted octanol–water partition coefficient (Wildman–Crippen LogP) is 3.56. The number of halogens is 2. The Labute approximate surface area is 114 Å². The van der Waals surface area contributed by atoms with Crippen molar-refractivity contribution in [2.24, 2.45) is 0 Å². The van der Waals surface area contributed by atoms with E-state index in [1.165, 1.54) is 6.33 Å². The van der Waals surface area contributed by atoms with Gasteiger partial charge in [-0.25, -0.2) is 19.9 Å². The molecule has 0 saturated carbocycles. The van der Waals surface area contributed by atoms with Crippen molar-refractivity contribution in [1.29, 1.82) is 0 Å². The Hall–Kier alpha value is -1.11. The summed E-state index contributed by atoms with van der Waals surface area (Å²) in [6, 6.07) is 0. The Kier molecular flexibility index (Phi) is 2.78. The average molecular weight is 328 g/mol. The fourth-order valence-electron chi connectivity index (χ4n) is 1.48. The maximum absolute atomic E-state index is 5.92. The van der Waals surface area contributed by atoms with E-state index in [4.69, 9.17) is 11.6 Å². The second-order valence-electron chi connectivity index (χ2n) is 3.23. The van der Waals surface area contributed by atoms with Crippen LogP contribution in [0.5, 0.6) is 0 Å². The fraction of sp³-hybridized carbons (Fsp3) is 0. The molecule has 4 nitrogen and oxygen atoms in total. The maximum atomic E-state index is 5.92.